The number of hydrogen-bond acceptors (Lipinski definition) is 7. The van der Waals surface area contributed by atoms with Crippen molar-refractivity contribution in [2.75, 3.05) is 25.9 Å². The lowest BCUT2D eigenvalue weighted by Crippen LogP contribution is -2.75. The van der Waals surface area contributed by atoms with Crippen LogP contribution < -0.4 is 10.1 Å². The summed E-state index contributed by atoms with van der Waals surface area (Å²) in [4.78, 5) is 31.9. The molecule has 242 valence electrons. The topological polar surface area (TPSA) is 116 Å². The van der Waals surface area contributed by atoms with Crippen LogP contribution >= 0.6 is 12.4 Å². The highest BCUT2D eigenvalue weighted by Gasteiger charge is 2.55. The van der Waals surface area contributed by atoms with Gasteiger partial charge in [-0.1, -0.05) is 44.7 Å². The number of carbonyl (C=O) groups excluding carboxylic acids is 2. The third kappa shape index (κ3) is 7.58. The molecule has 2 atom stereocenters. The van der Waals surface area contributed by atoms with Crippen molar-refractivity contribution in [1.29, 1.82) is 0 Å². The summed E-state index contributed by atoms with van der Waals surface area (Å²) in [7, 11) is -3.26. The van der Waals surface area contributed by atoms with Gasteiger partial charge in [0.25, 0.3) is 0 Å². The molecule has 2 N–H and O–H groups in total. The lowest BCUT2D eigenvalue weighted by atomic mass is 9.78. The second-order valence-corrected chi connectivity index (χ2v) is 14.5. The number of benzene rings is 2. The van der Waals surface area contributed by atoms with E-state index in [1.165, 1.54) is 18.4 Å². The molecule has 3 fully saturated rings. The Morgan fingerprint density at radius 3 is 2.14 bits per heavy atom. The van der Waals surface area contributed by atoms with Gasteiger partial charge in [0.2, 0.25) is 11.8 Å². The molecule has 2 saturated heterocycles. The molecule has 2 aliphatic heterocycles. The molecule has 2 aromatic carbocycles. The average Bonchev–Trinajstić information content (AvgIpc) is 3.01. The minimum Gasteiger partial charge on any atom is -0.457 e. The highest BCUT2D eigenvalue weighted by atomic mass is 35.5. The van der Waals surface area contributed by atoms with Gasteiger partial charge in [0, 0.05) is 32.4 Å². The number of halogens is 1. The lowest BCUT2D eigenvalue weighted by Gasteiger charge is -2.52. The van der Waals surface area contributed by atoms with Crippen LogP contribution in [0.5, 0.6) is 11.5 Å². The zero-order valence-corrected chi connectivity index (χ0v) is 27.4. The second kappa shape index (κ2) is 14.6. The van der Waals surface area contributed by atoms with E-state index in [2.05, 4.69) is 17.1 Å². The van der Waals surface area contributed by atoms with Gasteiger partial charge >= 0.3 is 0 Å². The highest BCUT2D eigenvalue weighted by molar-refractivity contribution is 7.90. The summed E-state index contributed by atoms with van der Waals surface area (Å²) in [5, 5.41) is 14.2. The maximum Gasteiger partial charge on any atom is 0.248 e. The quantitative estimate of drug-likeness (QED) is 0.384. The normalized spacial score (nSPS) is 21.9. The molecule has 2 heterocycles. The van der Waals surface area contributed by atoms with Crippen molar-refractivity contribution in [2.45, 2.75) is 93.8 Å². The first-order valence-electron chi connectivity index (χ1n) is 15.7. The van der Waals surface area contributed by atoms with Crippen molar-refractivity contribution in [3.8, 4) is 11.5 Å². The predicted molar refractivity (Wildman–Crippen MR) is 172 cm³/mol. The van der Waals surface area contributed by atoms with Gasteiger partial charge in [-0.25, -0.2) is 8.42 Å². The molecule has 0 radical (unpaired) electrons. The predicted octanol–water partition coefficient (Wildman–Crippen LogP) is 4.71. The Balaban J connectivity index is 0.00000442. The van der Waals surface area contributed by atoms with Gasteiger partial charge in [-0.3, -0.25) is 14.5 Å². The van der Waals surface area contributed by atoms with Gasteiger partial charge in [-0.05, 0) is 80.0 Å². The number of rotatable bonds is 10. The molecule has 2 amide bonds. The number of nitrogens with zero attached hydrogens (tertiary/aromatic N) is 2. The van der Waals surface area contributed by atoms with Gasteiger partial charge in [0.15, 0.2) is 9.84 Å². The van der Waals surface area contributed by atoms with E-state index in [9.17, 15) is 23.1 Å². The smallest absolute Gasteiger partial charge is 0.248 e. The number of likely N-dealkylation sites (tertiary alicyclic amines) is 1. The Morgan fingerprint density at radius 1 is 0.977 bits per heavy atom. The summed E-state index contributed by atoms with van der Waals surface area (Å²) in [5.41, 5.74) is 0.244. The van der Waals surface area contributed by atoms with E-state index in [0.29, 0.717) is 50.5 Å². The van der Waals surface area contributed by atoms with Crippen LogP contribution in [-0.4, -0.2) is 78.7 Å². The standard InChI is InChI=1S/C33H45N3O6S.ClH/c1-3-4-20-36-31(38)29(30(37)25-8-6-5-7-9-25)34-32(39)33(36)18-21-35(22-19-33)23-24-10-12-26(13-11-24)42-27-14-16-28(17-15-27)43(2,40)41;/h10-17,25,29-30,37H,3-9,18-23H2,1-2H3,(H,34,39);1H/t29-,30-;/m1./s1. The summed E-state index contributed by atoms with van der Waals surface area (Å²) in [6.07, 6.45) is 8.31. The van der Waals surface area contributed by atoms with Crippen molar-refractivity contribution in [2.24, 2.45) is 5.92 Å². The van der Waals surface area contributed by atoms with Gasteiger partial charge in [-0.15, -0.1) is 12.4 Å². The fourth-order valence-corrected chi connectivity index (χ4v) is 7.48. The number of sulfone groups is 1. The first kappa shape index (κ1) is 34.2. The van der Waals surface area contributed by atoms with Gasteiger partial charge in [0.05, 0.1) is 11.0 Å². The van der Waals surface area contributed by atoms with Crippen molar-refractivity contribution in [1.82, 2.24) is 15.1 Å². The number of piperazine rings is 1. The molecule has 0 aromatic heterocycles. The average molecular weight is 648 g/mol. The van der Waals surface area contributed by atoms with E-state index in [1.807, 2.05) is 29.2 Å². The van der Waals surface area contributed by atoms with E-state index in [-0.39, 0.29) is 35.0 Å². The van der Waals surface area contributed by atoms with Gasteiger partial charge < -0.3 is 20.1 Å². The molecule has 1 saturated carbocycles. The van der Waals surface area contributed by atoms with E-state index >= 15 is 0 Å². The van der Waals surface area contributed by atoms with Crippen LogP contribution in [0, 0.1) is 5.92 Å². The monoisotopic (exact) mass is 647 g/mol. The Morgan fingerprint density at radius 2 is 1.57 bits per heavy atom. The SMILES string of the molecule is CCCCN1C(=O)[C@@H]([C@H](O)C2CCCCC2)NC(=O)C12CCN(Cc1ccc(Oc3ccc(S(C)(=O)=O)cc3)cc1)CC2.Cl. The van der Waals surface area contributed by atoms with E-state index in [0.717, 1.165) is 50.5 Å². The van der Waals surface area contributed by atoms with Crippen LogP contribution in [0.2, 0.25) is 0 Å². The Kier molecular flexibility index (Phi) is 11.4. The first-order valence-corrected chi connectivity index (χ1v) is 17.6. The zero-order chi connectivity index (χ0) is 30.6. The molecule has 9 nitrogen and oxygen atoms in total. The van der Waals surface area contributed by atoms with Crippen LogP contribution in [0.1, 0.15) is 70.3 Å². The largest absolute Gasteiger partial charge is 0.457 e. The highest BCUT2D eigenvalue weighted by Crippen LogP contribution is 2.36. The summed E-state index contributed by atoms with van der Waals surface area (Å²) in [5.74, 6) is 1.03. The molecule has 2 aromatic rings. The van der Waals surface area contributed by atoms with Crippen molar-refractivity contribution in [3.63, 3.8) is 0 Å². The van der Waals surface area contributed by atoms with E-state index in [4.69, 9.17) is 4.74 Å². The van der Waals surface area contributed by atoms with Crippen molar-refractivity contribution >= 4 is 34.1 Å². The number of amides is 2. The summed E-state index contributed by atoms with van der Waals surface area (Å²) >= 11 is 0. The molecule has 0 unspecified atom stereocenters. The number of unbranched alkanes of at least 4 members (excludes halogenated alkanes) is 1. The van der Waals surface area contributed by atoms with Gasteiger partial charge in [0.1, 0.15) is 23.1 Å². The molecule has 1 aliphatic carbocycles. The summed E-state index contributed by atoms with van der Waals surface area (Å²) in [6, 6.07) is 13.3. The third-order valence-corrected chi connectivity index (χ3v) is 10.6. The van der Waals surface area contributed by atoms with E-state index in [1.54, 1.807) is 12.1 Å². The first-order chi connectivity index (χ1) is 20.6. The number of aliphatic hydroxyl groups is 1. The number of nitrogens with one attached hydrogen (secondary N) is 1. The minimum atomic E-state index is -3.26. The Labute approximate surface area is 267 Å². The maximum absolute atomic E-state index is 13.8. The Hall–Kier alpha value is -2.66. The van der Waals surface area contributed by atoms with Crippen LogP contribution in [0.4, 0.5) is 0 Å². The second-order valence-electron chi connectivity index (χ2n) is 12.5. The van der Waals surface area contributed by atoms with Crippen LogP contribution in [0.15, 0.2) is 53.4 Å². The Bertz CT molecular complexity index is 1370. The molecular weight excluding hydrogens is 602 g/mol. The number of carbonyl (C=O) groups is 2. The minimum absolute atomic E-state index is 0. The number of ether oxygens (including phenoxy) is 1. The fraction of sp³-hybridized carbons (Fsp3) is 0.576. The molecule has 1 spiro atoms. The summed E-state index contributed by atoms with van der Waals surface area (Å²) in [6.45, 7) is 4.71. The molecule has 5 rings (SSSR count). The van der Waals surface area contributed by atoms with Crippen molar-refractivity contribution < 1.29 is 27.9 Å². The van der Waals surface area contributed by atoms with Crippen molar-refractivity contribution in [3.05, 3.63) is 54.1 Å². The molecular formula is C33H46ClN3O6S. The number of aliphatic hydroxyl groups excluding tert-OH is 1. The van der Waals surface area contributed by atoms with Gasteiger partial charge in [-0.2, -0.15) is 0 Å². The van der Waals surface area contributed by atoms with Crippen LogP contribution in [-0.2, 0) is 26.0 Å². The van der Waals surface area contributed by atoms with Crippen LogP contribution in [0.25, 0.3) is 0 Å². The lowest BCUT2D eigenvalue weighted by molar-refractivity contribution is -0.166. The third-order valence-electron chi connectivity index (χ3n) is 9.47. The van der Waals surface area contributed by atoms with Crippen LogP contribution in [0.3, 0.4) is 0 Å². The number of hydrogen-bond donors (Lipinski definition) is 2. The maximum atomic E-state index is 13.8. The molecule has 3 aliphatic rings. The van der Waals surface area contributed by atoms with E-state index < -0.39 is 27.5 Å². The number of piperidine rings is 1. The zero-order valence-electron chi connectivity index (χ0n) is 25.7. The molecule has 44 heavy (non-hydrogen) atoms. The summed E-state index contributed by atoms with van der Waals surface area (Å²) < 4.78 is 29.3. The fourth-order valence-electron chi connectivity index (χ4n) is 6.85. The molecule has 0 bridgehead atoms. The molecule has 11 heteroatoms.